The number of aromatic nitrogens is 2. The van der Waals surface area contributed by atoms with Crippen LogP contribution in [0.5, 0.6) is 0 Å². The summed E-state index contributed by atoms with van der Waals surface area (Å²) in [4.78, 5) is 2.20. The van der Waals surface area contributed by atoms with E-state index >= 15 is 0 Å². The van der Waals surface area contributed by atoms with Crippen molar-refractivity contribution in [3.63, 3.8) is 0 Å². The monoisotopic (exact) mass is 328 g/mol. The second-order valence-electron chi connectivity index (χ2n) is 5.61. The minimum Gasteiger partial charge on any atom is -0.314 e. The number of rotatable bonds is 6. The lowest BCUT2D eigenvalue weighted by molar-refractivity contribution is 0.361. The third kappa shape index (κ3) is 3.58. The van der Waals surface area contributed by atoms with E-state index in [1.165, 1.54) is 29.4 Å². The minimum atomic E-state index is 0.596. The maximum Gasteiger partial charge on any atom is 0.0635 e. The third-order valence-electron chi connectivity index (χ3n) is 3.93. The van der Waals surface area contributed by atoms with Gasteiger partial charge in [-0.3, -0.25) is 4.68 Å². The highest BCUT2D eigenvalue weighted by molar-refractivity contribution is 9.10. The van der Waals surface area contributed by atoms with E-state index < -0.39 is 0 Å². The van der Waals surface area contributed by atoms with Crippen LogP contribution in [-0.4, -0.2) is 47.9 Å². The van der Waals surface area contributed by atoms with E-state index in [2.05, 4.69) is 56.9 Å². The molecule has 4 nitrogen and oxygen atoms in total. The molecule has 2 atom stereocenters. The maximum atomic E-state index is 4.54. The first kappa shape index (κ1) is 15.0. The lowest BCUT2D eigenvalue weighted by atomic mass is 9.99. The largest absolute Gasteiger partial charge is 0.314 e. The van der Waals surface area contributed by atoms with Gasteiger partial charge < -0.3 is 10.2 Å². The van der Waals surface area contributed by atoms with Gasteiger partial charge in [0.15, 0.2) is 0 Å². The summed E-state index contributed by atoms with van der Waals surface area (Å²) in [5.74, 6) is 0.596. The van der Waals surface area contributed by atoms with E-state index in [0.717, 1.165) is 19.6 Å². The number of halogens is 1. The predicted octanol–water partition coefficient (Wildman–Crippen LogP) is 2.45. The van der Waals surface area contributed by atoms with Crippen molar-refractivity contribution in [1.29, 1.82) is 0 Å². The Labute approximate surface area is 124 Å². The number of nitrogens with zero attached hydrogens (tertiary/aromatic N) is 3. The first-order valence-corrected chi connectivity index (χ1v) is 8.02. The quantitative estimate of drug-likeness (QED) is 0.870. The minimum absolute atomic E-state index is 0.596. The molecule has 0 amide bonds. The third-order valence-corrected chi connectivity index (χ3v) is 4.54. The molecule has 1 saturated carbocycles. The highest BCUT2D eigenvalue weighted by Gasteiger charge is 2.31. The standard InChI is InChI=1S/C14H25BrN4/c1-4-16-13-7-5-6-11(13)14-12(15)10-17-19(14)9-8-18(2)3/h10-11,13,16H,4-9H2,1-3H3. The SMILES string of the molecule is CCNC1CCCC1c1c(Br)cnn1CCN(C)C. The van der Waals surface area contributed by atoms with E-state index in [1.807, 2.05) is 6.20 Å². The van der Waals surface area contributed by atoms with Crippen LogP contribution in [0.4, 0.5) is 0 Å². The number of likely N-dealkylation sites (N-methyl/N-ethyl adjacent to an activating group) is 2. The molecule has 1 aliphatic rings. The zero-order valence-electron chi connectivity index (χ0n) is 12.2. The van der Waals surface area contributed by atoms with Crippen molar-refractivity contribution in [2.45, 2.75) is 44.7 Å². The lowest BCUT2D eigenvalue weighted by Gasteiger charge is -2.22. The van der Waals surface area contributed by atoms with Gasteiger partial charge in [0.25, 0.3) is 0 Å². The highest BCUT2D eigenvalue weighted by atomic mass is 79.9. The average molecular weight is 329 g/mol. The second-order valence-corrected chi connectivity index (χ2v) is 6.46. The van der Waals surface area contributed by atoms with Crippen LogP contribution in [0, 0.1) is 0 Å². The molecule has 0 aliphatic heterocycles. The van der Waals surface area contributed by atoms with Gasteiger partial charge in [0, 0.05) is 18.5 Å². The van der Waals surface area contributed by atoms with Gasteiger partial charge in [0.2, 0.25) is 0 Å². The summed E-state index contributed by atoms with van der Waals surface area (Å²) in [6.45, 7) is 5.22. The number of hydrogen-bond acceptors (Lipinski definition) is 3. The van der Waals surface area contributed by atoms with Crippen molar-refractivity contribution >= 4 is 15.9 Å². The van der Waals surface area contributed by atoms with Gasteiger partial charge in [0.1, 0.15) is 0 Å². The Morgan fingerprint density at radius 3 is 2.95 bits per heavy atom. The molecule has 108 valence electrons. The Hall–Kier alpha value is -0.390. The number of hydrogen-bond donors (Lipinski definition) is 1. The van der Waals surface area contributed by atoms with Crippen molar-refractivity contribution < 1.29 is 0 Å². The van der Waals surface area contributed by atoms with Gasteiger partial charge in [-0.2, -0.15) is 5.10 Å². The first-order chi connectivity index (χ1) is 9.13. The molecule has 5 heteroatoms. The Morgan fingerprint density at radius 2 is 2.26 bits per heavy atom. The fourth-order valence-corrected chi connectivity index (χ4v) is 3.60. The smallest absolute Gasteiger partial charge is 0.0635 e. The fraction of sp³-hybridized carbons (Fsp3) is 0.786. The molecule has 0 radical (unpaired) electrons. The van der Waals surface area contributed by atoms with E-state index in [9.17, 15) is 0 Å². The molecular weight excluding hydrogens is 304 g/mol. The van der Waals surface area contributed by atoms with Crippen LogP contribution in [0.3, 0.4) is 0 Å². The molecule has 1 N–H and O–H groups in total. The molecule has 0 aromatic carbocycles. The van der Waals surface area contributed by atoms with Gasteiger partial charge in [0.05, 0.1) is 22.9 Å². The topological polar surface area (TPSA) is 33.1 Å². The normalized spacial score (nSPS) is 23.4. The molecule has 2 unspecified atom stereocenters. The Balaban J connectivity index is 2.15. The van der Waals surface area contributed by atoms with E-state index in [1.54, 1.807) is 0 Å². The first-order valence-electron chi connectivity index (χ1n) is 7.22. The molecular formula is C14H25BrN4. The molecule has 2 rings (SSSR count). The summed E-state index contributed by atoms with van der Waals surface area (Å²) < 4.78 is 3.35. The van der Waals surface area contributed by atoms with Crippen LogP contribution in [-0.2, 0) is 6.54 Å². The van der Waals surface area contributed by atoms with Crippen molar-refractivity contribution in [3.05, 3.63) is 16.4 Å². The van der Waals surface area contributed by atoms with E-state index in [-0.39, 0.29) is 0 Å². The molecule has 0 saturated heterocycles. The maximum absolute atomic E-state index is 4.54. The van der Waals surface area contributed by atoms with Crippen LogP contribution in [0.1, 0.15) is 37.8 Å². The summed E-state index contributed by atoms with van der Waals surface area (Å²) in [6, 6.07) is 0.608. The van der Waals surface area contributed by atoms with Gasteiger partial charge in [-0.15, -0.1) is 0 Å². The fourth-order valence-electron chi connectivity index (χ4n) is 3.01. The Bertz CT molecular complexity index is 402. The molecule has 1 aliphatic carbocycles. The zero-order valence-corrected chi connectivity index (χ0v) is 13.8. The van der Waals surface area contributed by atoms with Crippen molar-refractivity contribution in [2.75, 3.05) is 27.2 Å². The zero-order chi connectivity index (χ0) is 13.8. The molecule has 1 heterocycles. The van der Waals surface area contributed by atoms with Gasteiger partial charge >= 0.3 is 0 Å². The Kier molecular flexibility index (Phi) is 5.42. The summed E-state index contributed by atoms with van der Waals surface area (Å²) in [5, 5.41) is 8.17. The summed E-state index contributed by atoms with van der Waals surface area (Å²) in [7, 11) is 4.21. The summed E-state index contributed by atoms with van der Waals surface area (Å²) >= 11 is 3.69. The van der Waals surface area contributed by atoms with Gasteiger partial charge in [-0.1, -0.05) is 13.3 Å². The molecule has 0 bridgehead atoms. The molecule has 1 aromatic rings. The molecule has 19 heavy (non-hydrogen) atoms. The average Bonchev–Trinajstić information content (AvgIpc) is 2.94. The predicted molar refractivity (Wildman–Crippen MR) is 82.5 cm³/mol. The highest BCUT2D eigenvalue weighted by Crippen LogP contribution is 2.38. The van der Waals surface area contributed by atoms with Crippen LogP contribution >= 0.6 is 15.9 Å². The van der Waals surface area contributed by atoms with Crippen molar-refractivity contribution in [2.24, 2.45) is 0 Å². The van der Waals surface area contributed by atoms with Crippen LogP contribution < -0.4 is 5.32 Å². The van der Waals surface area contributed by atoms with Crippen LogP contribution in [0.15, 0.2) is 10.7 Å². The van der Waals surface area contributed by atoms with Gasteiger partial charge in [-0.05, 0) is 49.4 Å². The molecule has 0 spiro atoms. The number of nitrogens with one attached hydrogen (secondary N) is 1. The summed E-state index contributed by atoms with van der Waals surface area (Å²) in [6.07, 6.45) is 5.81. The second kappa shape index (κ2) is 6.86. The van der Waals surface area contributed by atoms with Crippen molar-refractivity contribution in [3.8, 4) is 0 Å². The van der Waals surface area contributed by atoms with Crippen molar-refractivity contribution in [1.82, 2.24) is 20.0 Å². The Morgan fingerprint density at radius 1 is 1.47 bits per heavy atom. The molecule has 1 fully saturated rings. The molecule has 1 aromatic heterocycles. The summed E-state index contributed by atoms with van der Waals surface area (Å²) in [5.41, 5.74) is 1.38. The van der Waals surface area contributed by atoms with Crippen LogP contribution in [0.25, 0.3) is 0 Å². The van der Waals surface area contributed by atoms with E-state index in [0.29, 0.717) is 12.0 Å². The lowest BCUT2D eigenvalue weighted by Crippen LogP contribution is -2.32. The van der Waals surface area contributed by atoms with Gasteiger partial charge in [-0.25, -0.2) is 0 Å². The van der Waals surface area contributed by atoms with Crippen LogP contribution in [0.2, 0.25) is 0 Å². The van der Waals surface area contributed by atoms with E-state index in [4.69, 9.17) is 0 Å².